The molecule has 1 amide bonds. The quantitative estimate of drug-likeness (QED) is 0.581. The molecule has 7 heteroatoms. The molecule has 0 atom stereocenters. The summed E-state index contributed by atoms with van der Waals surface area (Å²) in [5.74, 6) is 1.80. The van der Waals surface area contributed by atoms with Crippen molar-refractivity contribution >= 4 is 17.7 Å². The van der Waals surface area contributed by atoms with Crippen molar-refractivity contribution in [2.45, 2.75) is 13.3 Å². The first-order valence-electron chi connectivity index (χ1n) is 8.78. The van der Waals surface area contributed by atoms with E-state index in [2.05, 4.69) is 5.32 Å². The molecule has 0 radical (unpaired) electrons. The molecule has 0 aromatic heterocycles. The minimum atomic E-state index is -0.520. The molecule has 2 aromatic rings. The van der Waals surface area contributed by atoms with Crippen LogP contribution < -0.4 is 24.3 Å². The normalized spacial score (nSPS) is 12.2. The Hall–Kier alpha value is -3.66. The van der Waals surface area contributed by atoms with Crippen LogP contribution in [0.2, 0.25) is 0 Å². The van der Waals surface area contributed by atoms with Gasteiger partial charge in [-0.15, -0.1) is 0 Å². The number of ether oxygens (including phenoxy) is 4. The SMILES string of the molecule is CCCOc1cc(/C=C(/C#N)C(=O)Nc2ccc3c(c2)OCO3)ccc1OC. The highest BCUT2D eigenvalue weighted by Crippen LogP contribution is 2.34. The molecule has 0 spiro atoms. The fourth-order valence-corrected chi connectivity index (χ4v) is 2.60. The Morgan fingerprint density at radius 3 is 2.79 bits per heavy atom. The highest BCUT2D eigenvalue weighted by atomic mass is 16.7. The van der Waals surface area contributed by atoms with Gasteiger partial charge in [-0.1, -0.05) is 13.0 Å². The Labute approximate surface area is 163 Å². The molecule has 144 valence electrons. The number of nitriles is 1. The zero-order valence-corrected chi connectivity index (χ0v) is 15.7. The van der Waals surface area contributed by atoms with Crippen LogP contribution in [0.4, 0.5) is 5.69 Å². The number of nitrogens with one attached hydrogen (secondary N) is 1. The molecule has 1 aliphatic rings. The van der Waals surface area contributed by atoms with E-state index in [0.29, 0.717) is 40.9 Å². The van der Waals surface area contributed by atoms with E-state index < -0.39 is 5.91 Å². The Morgan fingerprint density at radius 2 is 2.04 bits per heavy atom. The van der Waals surface area contributed by atoms with Gasteiger partial charge in [0.25, 0.3) is 5.91 Å². The number of nitrogens with zero attached hydrogens (tertiary/aromatic N) is 1. The standard InChI is InChI=1S/C21H20N2O5/c1-3-8-26-19-10-14(4-6-17(19)25-2)9-15(12-22)21(24)23-16-5-7-18-20(11-16)28-13-27-18/h4-7,9-11H,3,8,13H2,1-2H3,(H,23,24)/b15-9-. The molecule has 1 aliphatic heterocycles. The first-order valence-corrected chi connectivity index (χ1v) is 8.78. The zero-order valence-electron chi connectivity index (χ0n) is 15.7. The van der Waals surface area contributed by atoms with Gasteiger partial charge in [0, 0.05) is 11.8 Å². The molecular weight excluding hydrogens is 360 g/mol. The first-order chi connectivity index (χ1) is 13.6. The van der Waals surface area contributed by atoms with Crippen LogP contribution in [-0.4, -0.2) is 26.4 Å². The second kappa shape index (κ2) is 8.82. The second-order valence-corrected chi connectivity index (χ2v) is 5.95. The van der Waals surface area contributed by atoms with Gasteiger partial charge >= 0.3 is 0 Å². The summed E-state index contributed by atoms with van der Waals surface area (Å²) >= 11 is 0. The van der Waals surface area contributed by atoms with Crippen molar-refractivity contribution in [3.8, 4) is 29.1 Å². The van der Waals surface area contributed by atoms with Crippen LogP contribution in [0.5, 0.6) is 23.0 Å². The van der Waals surface area contributed by atoms with Gasteiger partial charge in [-0.2, -0.15) is 5.26 Å². The van der Waals surface area contributed by atoms with E-state index in [4.69, 9.17) is 18.9 Å². The highest BCUT2D eigenvalue weighted by Gasteiger charge is 2.16. The van der Waals surface area contributed by atoms with Gasteiger partial charge in [-0.25, -0.2) is 0 Å². The summed E-state index contributed by atoms with van der Waals surface area (Å²) in [6.45, 7) is 2.69. The number of hydrogen-bond acceptors (Lipinski definition) is 6. The van der Waals surface area contributed by atoms with Crippen LogP contribution in [0.3, 0.4) is 0 Å². The summed E-state index contributed by atoms with van der Waals surface area (Å²) in [6.07, 6.45) is 2.35. The summed E-state index contributed by atoms with van der Waals surface area (Å²) in [5.41, 5.74) is 1.13. The lowest BCUT2D eigenvalue weighted by Gasteiger charge is -2.11. The minimum Gasteiger partial charge on any atom is -0.493 e. The molecule has 0 aliphatic carbocycles. The average Bonchev–Trinajstić information content (AvgIpc) is 3.18. The average molecular weight is 380 g/mol. The van der Waals surface area contributed by atoms with Gasteiger partial charge in [0.2, 0.25) is 6.79 Å². The topological polar surface area (TPSA) is 89.8 Å². The second-order valence-electron chi connectivity index (χ2n) is 5.95. The van der Waals surface area contributed by atoms with Crippen LogP contribution >= 0.6 is 0 Å². The number of rotatable bonds is 7. The van der Waals surface area contributed by atoms with Gasteiger partial charge in [-0.3, -0.25) is 4.79 Å². The van der Waals surface area contributed by atoms with Crippen LogP contribution in [0.15, 0.2) is 42.0 Å². The predicted molar refractivity (Wildman–Crippen MR) is 104 cm³/mol. The van der Waals surface area contributed by atoms with E-state index in [1.807, 2.05) is 13.0 Å². The molecule has 28 heavy (non-hydrogen) atoms. The number of carbonyl (C=O) groups is 1. The molecule has 0 bridgehead atoms. The third kappa shape index (κ3) is 4.35. The van der Waals surface area contributed by atoms with E-state index >= 15 is 0 Å². The molecule has 0 saturated heterocycles. The van der Waals surface area contributed by atoms with Crippen molar-refractivity contribution in [3.05, 3.63) is 47.5 Å². The number of amides is 1. The molecule has 7 nitrogen and oxygen atoms in total. The molecular formula is C21H20N2O5. The molecule has 2 aromatic carbocycles. The van der Waals surface area contributed by atoms with Crippen molar-refractivity contribution < 1.29 is 23.7 Å². The Bertz CT molecular complexity index is 946. The summed E-state index contributed by atoms with van der Waals surface area (Å²) in [5, 5.41) is 12.1. The first kappa shape index (κ1) is 19.1. The molecule has 0 saturated carbocycles. The lowest BCUT2D eigenvalue weighted by molar-refractivity contribution is -0.112. The molecule has 0 fully saturated rings. The molecule has 0 unspecified atom stereocenters. The fourth-order valence-electron chi connectivity index (χ4n) is 2.60. The van der Waals surface area contributed by atoms with Crippen molar-refractivity contribution in [3.63, 3.8) is 0 Å². The van der Waals surface area contributed by atoms with Gasteiger partial charge in [0.05, 0.1) is 13.7 Å². The summed E-state index contributed by atoms with van der Waals surface area (Å²) in [6, 6.07) is 12.2. The van der Waals surface area contributed by atoms with Gasteiger partial charge < -0.3 is 24.3 Å². The fraction of sp³-hybridized carbons (Fsp3) is 0.238. The number of carbonyl (C=O) groups excluding carboxylic acids is 1. The minimum absolute atomic E-state index is 0.0377. The number of hydrogen-bond donors (Lipinski definition) is 1. The van der Waals surface area contributed by atoms with E-state index in [-0.39, 0.29) is 12.4 Å². The maximum atomic E-state index is 12.5. The van der Waals surface area contributed by atoms with Crippen molar-refractivity contribution in [2.24, 2.45) is 0 Å². The third-order valence-corrected chi connectivity index (χ3v) is 3.96. The predicted octanol–water partition coefficient (Wildman–Crippen LogP) is 3.76. The van der Waals surface area contributed by atoms with Crippen molar-refractivity contribution in [1.29, 1.82) is 5.26 Å². The summed E-state index contributed by atoms with van der Waals surface area (Å²) < 4.78 is 21.5. The molecule has 1 N–H and O–H groups in total. The maximum absolute atomic E-state index is 12.5. The van der Waals surface area contributed by atoms with Crippen LogP contribution in [0, 0.1) is 11.3 Å². The van der Waals surface area contributed by atoms with Gasteiger partial charge in [-0.05, 0) is 42.3 Å². The highest BCUT2D eigenvalue weighted by molar-refractivity contribution is 6.09. The van der Waals surface area contributed by atoms with E-state index in [0.717, 1.165) is 6.42 Å². The lowest BCUT2D eigenvalue weighted by Crippen LogP contribution is -2.13. The number of benzene rings is 2. The van der Waals surface area contributed by atoms with Crippen molar-refractivity contribution in [1.82, 2.24) is 0 Å². The Balaban J connectivity index is 1.79. The van der Waals surface area contributed by atoms with Crippen LogP contribution in [0.25, 0.3) is 6.08 Å². The summed E-state index contributed by atoms with van der Waals surface area (Å²) in [4.78, 5) is 12.5. The largest absolute Gasteiger partial charge is 0.493 e. The number of methoxy groups -OCH3 is 1. The maximum Gasteiger partial charge on any atom is 0.266 e. The van der Waals surface area contributed by atoms with E-state index in [1.165, 1.54) is 6.08 Å². The Morgan fingerprint density at radius 1 is 1.21 bits per heavy atom. The smallest absolute Gasteiger partial charge is 0.266 e. The third-order valence-electron chi connectivity index (χ3n) is 3.96. The summed E-state index contributed by atoms with van der Waals surface area (Å²) in [7, 11) is 1.56. The number of anilines is 1. The Kier molecular flexibility index (Phi) is 6.02. The van der Waals surface area contributed by atoms with Crippen molar-refractivity contribution in [2.75, 3.05) is 25.8 Å². The van der Waals surface area contributed by atoms with E-state index in [1.54, 1.807) is 43.5 Å². The monoisotopic (exact) mass is 380 g/mol. The zero-order chi connectivity index (χ0) is 19.9. The van der Waals surface area contributed by atoms with E-state index in [9.17, 15) is 10.1 Å². The lowest BCUT2D eigenvalue weighted by atomic mass is 10.1. The number of fused-ring (bicyclic) bond motifs is 1. The molecule has 3 rings (SSSR count). The van der Waals surface area contributed by atoms with Crippen LogP contribution in [-0.2, 0) is 4.79 Å². The molecule has 1 heterocycles. The van der Waals surface area contributed by atoms with Gasteiger partial charge in [0.15, 0.2) is 23.0 Å². The van der Waals surface area contributed by atoms with Gasteiger partial charge in [0.1, 0.15) is 11.6 Å². The van der Waals surface area contributed by atoms with Crippen LogP contribution in [0.1, 0.15) is 18.9 Å².